The lowest BCUT2D eigenvalue weighted by Crippen LogP contribution is -2.10. The normalized spacial score (nSPS) is 13.5. The van der Waals surface area contributed by atoms with Crippen molar-refractivity contribution in [3.8, 4) is 21.7 Å². The van der Waals surface area contributed by atoms with Crippen LogP contribution in [0, 0.1) is 13.8 Å². The van der Waals surface area contributed by atoms with E-state index < -0.39 is 0 Å². The van der Waals surface area contributed by atoms with E-state index in [-0.39, 0.29) is 17.5 Å². The van der Waals surface area contributed by atoms with Gasteiger partial charge in [0.1, 0.15) is 0 Å². The number of benzene rings is 2. The summed E-state index contributed by atoms with van der Waals surface area (Å²) < 4.78 is 26.4. The number of rotatable bonds is 3. The first-order chi connectivity index (χ1) is 15.4. The molecule has 0 aliphatic heterocycles. The van der Waals surface area contributed by atoms with Gasteiger partial charge < -0.3 is 0 Å². The first-order valence-corrected chi connectivity index (χ1v) is 11.3. The van der Waals surface area contributed by atoms with Gasteiger partial charge in [0, 0.05) is 22.0 Å². The Morgan fingerprint density at radius 1 is 0.933 bits per heavy atom. The molecule has 0 fully saturated rings. The van der Waals surface area contributed by atoms with Crippen molar-refractivity contribution in [1.29, 1.82) is 0 Å². The van der Waals surface area contributed by atoms with Crippen molar-refractivity contribution in [3.05, 3.63) is 76.9 Å². The minimum absolute atomic E-state index is 0.0983. The number of hydrogen-bond donors (Lipinski definition) is 0. The highest BCUT2D eigenvalue weighted by Gasteiger charge is 2.20. The molecule has 0 saturated heterocycles. The van der Waals surface area contributed by atoms with Gasteiger partial charge in [0.2, 0.25) is 0 Å². The van der Waals surface area contributed by atoms with Gasteiger partial charge in [0.15, 0.2) is 0 Å². The van der Waals surface area contributed by atoms with Gasteiger partial charge in [-0.1, -0.05) is 76.1 Å². The van der Waals surface area contributed by atoms with E-state index in [0.717, 1.165) is 15.6 Å². The van der Waals surface area contributed by atoms with Gasteiger partial charge in [0.25, 0.3) is 0 Å². The molecule has 1 nitrogen and oxygen atoms in total. The van der Waals surface area contributed by atoms with Crippen molar-refractivity contribution in [1.82, 2.24) is 4.98 Å². The second kappa shape index (κ2) is 7.67. The Kier molecular flexibility index (Phi) is 4.41. The van der Waals surface area contributed by atoms with Crippen LogP contribution in [0.1, 0.15) is 66.9 Å². The van der Waals surface area contributed by atoms with Crippen LogP contribution in [0.5, 0.6) is 0 Å². The van der Waals surface area contributed by atoms with E-state index in [1.165, 1.54) is 21.6 Å². The van der Waals surface area contributed by atoms with E-state index in [9.17, 15) is 0 Å². The van der Waals surface area contributed by atoms with Crippen LogP contribution in [-0.4, -0.2) is 4.98 Å². The SMILES string of the molecule is [2H]c1cc2c(C(C)C)c(-c3ccc(C(C)(C)C)cc3)sc2c(-c2cc(C)c([2H])c(C)c2[2H])n1. The summed E-state index contributed by atoms with van der Waals surface area (Å²) in [5, 5.41) is 1.05. The molecule has 0 amide bonds. The Balaban J connectivity index is 2.02. The maximum absolute atomic E-state index is 8.69. The molecule has 0 aliphatic carbocycles. The molecule has 0 saturated carbocycles. The summed E-state index contributed by atoms with van der Waals surface area (Å²) in [6.45, 7) is 14.8. The molecular weight excluding hydrogens is 382 g/mol. The zero-order valence-corrected chi connectivity index (χ0v) is 19.7. The Labute approximate surface area is 189 Å². The average molecular weight is 417 g/mol. The third-order valence-electron chi connectivity index (χ3n) is 5.50. The summed E-state index contributed by atoms with van der Waals surface area (Å²) in [6.07, 6.45) is 0.205. The molecule has 0 aliphatic rings. The van der Waals surface area contributed by atoms with Crippen LogP contribution in [0.4, 0.5) is 0 Å². The monoisotopic (exact) mass is 416 g/mol. The standard InChI is InChI=1S/C28H31NS/c1-17(2)24-23-12-13-29-25(21-15-18(3)14-19(4)16-21)27(23)30-26(24)20-8-10-22(11-9-20)28(5,6)7/h8-17H,1-7H3/i13D,14D,15D. The van der Waals surface area contributed by atoms with Crippen LogP contribution in [0.25, 0.3) is 31.8 Å². The molecule has 2 aromatic heterocycles. The van der Waals surface area contributed by atoms with Gasteiger partial charge in [0.05, 0.1) is 14.5 Å². The topological polar surface area (TPSA) is 12.9 Å². The minimum atomic E-state index is 0.0983. The van der Waals surface area contributed by atoms with Crippen molar-refractivity contribution in [2.75, 3.05) is 0 Å². The molecule has 2 aromatic carbocycles. The maximum atomic E-state index is 8.69. The van der Waals surface area contributed by atoms with Crippen molar-refractivity contribution < 1.29 is 4.11 Å². The summed E-state index contributed by atoms with van der Waals surface area (Å²) in [4.78, 5) is 5.79. The number of aromatic nitrogens is 1. The van der Waals surface area contributed by atoms with Crippen LogP contribution in [0.2, 0.25) is 0 Å². The summed E-state index contributed by atoms with van der Waals surface area (Å²) in [5.74, 6) is 0.278. The first kappa shape index (κ1) is 17.3. The number of aryl methyl sites for hydroxylation is 1. The second-order valence-corrected chi connectivity index (χ2v) is 10.4. The van der Waals surface area contributed by atoms with E-state index in [4.69, 9.17) is 4.11 Å². The molecule has 0 bridgehead atoms. The minimum Gasteiger partial charge on any atom is -0.255 e. The fourth-order valence-corrected chi connectivity index (χ4v) is 5.47. The van der Waals surface area contributed by atoms with Gasteiger partial charge >= 0.3 is 0 Å². The lowest BCUT2D eigenvalue weighted by atomic mass is 9.86. The predicted octanol–water partition coefficient (Wildman–Crippen LogP) is 8.67. The fourth-order valence-electron chi connectivity index (χ4n) is 4.02. The Bertz CT molecular complexity index is 1360. The highest BCUT2D eigenvalue weighted by atomic mass is 32.1. The average Bonchev–Trinajstić information content (AvgIpc) is 3.13. The molecule has 0 spiro atoms. The van der Waals surface area contributed by atoms with E-state index in [1.54, 1.807) is 11.3 Å². The number of hydrogen-bond acceptors (Lipinski definition) is 2. The Morgan fingerprint density at radius 3 is 2.27 bits per heavy atom. The van der Waals surface area contributed by atoms with Gasteiger partial charge in [-0.25, -0.2) is 0 Å². The van der Waals surface area contributed by atoms with Crippen molar-refractivity contribution in [2.24, 2.45) is 0 Å². The molecule has 0 radical (unpaired) electrons. The lowest BCUT2D eigenvalue weighted by molar-refractivity contribution is 0.590. The lowest BCUT2D eigenvalue weighted by Gasteiger charge is -2.19. The summed E-state index contributed by atoms with van der Waals surface area (Å²) >= 11 is 1.70. The highest BCUT2D eigenvalue weighted by molar-refractivity contribution is 7.23. The number of pyridine rings is 1. The molecule has 154 valence electrons. The van der Waals surface area contributed by atoms with E-state index in [1.807, 2.05) is 26.0 Å². The zero-order valence-electron chi connectivity index (χ0n) is 21.9. The molecule has 4 aromatic rings. The molecule has 4 rings (SSSR count). The molecule has 30 heavy (non-hydrogen) atoms. The van der Waals surface area contributed by atoms with Crippen LogP contribution in [0.3, 0.4) is 0 Å². The molecular formula is C28H31NS. The largest absolute Gasteiger partial charge is 0.255 e. The van der Waals surface area contributed by atoms with E-state index in [2.05, 4.69) is 63.9 Å². The molecule has 2 heterocycles. The number of fused-ring (bicyclic) bond motifs is 1. The summed E-state index contributed by atoms with van der Waals surface area (Å²) in [6, 6.07) is 13.3. The van der Waals surface area contributed by atoms with Gasteiger partial charge in [-0.05, 0) is 60.0 Å². The summed E-state index contributed by atoms with van der Waals surface area (Å²) in [5.41, 5.74) is 6.65. The van der Waals surface area contributed by atoms with Gasteiger partial charge in [-0.2, -0.15) is 0 Å². The first-order valence-electron chi connectivity index (χ1n) is 12.0. The second-order valence-electron chi connectivity index (χ2n) is 9.42. The van der Waals surface area contributed by atoms with Crippen LogP contribution in [0.15, 0.2) is 54.7 Å². The smallest absolute Gasteiger partial charge is 0.0880 e. The van der Waals surface area contributed by atoms with Crippen LogP contribution >= 0.6 is 11.3 Å². The van der Waals surface area contributed by atoms with Gasteiger partial charge in [-0.3, -0.25) is 4.98 Å². The number of nitrogens with zero attached hydrogens (tertiary/aromatic N) is 1. The zero-order chi connectivity index (χ0) is 24.2. The predicted molar refractivity (Wildman–Crippen MR) is 133 cm³/mol. The Morgan fingerprint density at radius 2 is 1.63 bits per heavy atom. The summed E-state index contributed by atoms with van der Waals surface area (Å²) in [7, 11) is 0. The quantitative estimate of drug-likeness (QED) is 0.325. The maximum Gasteiger partial charge on any atom is 0.0880 e. The van der Waals surface area contributed by atoms with Gasteiger partial charge in [-0.15, -0.1) is 11.3 Å². The molecule has 0 N–H and O–H groups in total. The molecule has 0 atom stereocenters. The van der Waals surface area contributed by atoms with E-state index >= 15 is 0 Å². The molecule has 2 heteroatoms. The van der Waals surface area contributed by atoms with Crippen LogP contribution < -0.4 is 0 Å². The Hall–Kier alpha value is -2.45. The third-order valence-corrected chi connectivity index (χ3v) is 6.77. The fraction of sp³-hybridized carbons (Fsp3) is 0.321. The third kappa shape index (κ3) is 3.81. The van der Waals surface area contributed by atoms with Crippen molar-refractivity contribution in [2.45, 2.75) is 59.8 Å². The van der Waals surface area contributed by atoms with Crippen molar-refractivity contribution >= 4 is 21.4 Å². The molecule has 0 unspecified atom stereocenters. The van der Waals surface area contributed by atoms with E-state index in [0.29, 0.717) is 28.9 Å². The highest BCUT2D eigenvalue weighted by Crippen LogP contribution is 2.45. The number of thiophene rings is 1. The van der Waals surface area contributed by atoms with Crippen LogP contribution in [-0.2, 0) is 5.41 Å². The van der Waals surface area contributed by atoms with Crippen molar-refractivity contribution in [3.63, 3.8) is 0 Å².